The van der Waals surface area contributed by atoms with E-state index in [2.05, 4.69) is 21.2 Å². The van der Waals surface area contributed by atoms with Gasteiger partial charge in [0.05, 0.1) is 11.1 Å². The summed E-state index contributed by atoms with van der Waals surface area (Å²) < 4.78 is 11.8. The van der Waals surface area contributed by atoms with E-state index in [0.29, 0.717) is 17.3 Å². The Morgan fingerprint density at radius 2 is 2.40 bits per heavy atom. The van der Waals surface area contributed by atoms with Crippen LogP contribution >= 0.6 is 27.5 Å². The first-order valence-corrected chi connectivity index (χ1v) is 7.70. The van der Waals surface area contributed by atoms with Crippen LogP contribution in [0.4, 0.5) is 0 Å². The molecule has 2 rings (SSSR count). The lowest BCUT2D eigenvalue weighted by Crippen LogP contribution is -2.35. The van der Waals surface area contributed by atoms with Crippen LogP contribution < -0.4 is 10.1 Å². The second kappa shape index (κ2) is 7.29. The Morgan fingerprint density at radius 1 is 1.60 bits per heavy atom. The average Bonchev–Trinajstić information content (AvgIpc) is 2.88. The molecule has 6 heteroatoms. The minimum absolute atomic E-state index is 0.0467. The number of rotatable bonds is 5. The van der Waals surface area contributed by atoms with Crippen molar-refractivity contribution >= 4 is 33.4 Å². The van der Waals surface area contributed by atoms with Crippen molar-refractivity contribution < 1.29 is 14.3 Å². The number of nitrogens with one attached hydrogen (secondary N) is 1. The molecule has 20 heavy (non-hydrogen) atoms. The molecule has 0 bridgehead atoms. The van der Waals surface area contributed by atoms with E-state index in [1.807, 2.05) is 13.0 Å². The van der Waals surface area contributed by atoms with Crippen molar-refractivity contribution in [1.29, 1.82) is 0 Å². The topological polar surface area (TPSA) is 47.6 Å². The Bertz CT molecular complexity index is 466. The van der Waals surface area contributed by atoms with Gasteiger partial charge in [0, 0.05) is 17.6 Å². The van der Waals surface area contributed by atoms with Crippen LogP contribution in [0.25, 0.3) is 0 Å². The van der Waals surface area contributed by atoms with Gasteiger partial charge in [-0.15, -0.1) is 0 Å². The highest BCUT2D eigenvalue weighted by Crippen LogP contribution is 2.31. The average molecular weight is 363 g/mol. The van der Waals surface area contributed by atoms with Gasteiger partial charge in [-0.1, -0.05) is 27.5 Å². The van der Waals surface area contributed by atoms with Crippen LogP contribution in [0.15, 0.2) is 16.6 Å². The smallest absolute Gasteiger partial charge is 0.258 e. The van der Waals surface area contributed by atoms with Crippen LogP contribution in [0.2, 0.25) is 5.02 Å². The normalized spacial score (nSPS) is 18.1. The summed E-state index contributed by atoms with van der Waals surface area (Å²) in [5.41, 5.74) is 0.885. The second-order valence-electron chi connectivity index (χ2n) is 4.76. The van der Waals surface area contributed by atoms with E-state index < -0.39 is 0 Å². The molecule has 1 aromatic rings. The molecule has 1 aromatic carbocycles. The first-order chi connectivity index (χ1) is 9.56. The van der Waals surface area contributed by atoms with Crippen LogP contribution in [0, 0.1) is 6.92 Å². The summed E-state index contributed by atoms with van der Waals surface area (Å²) in [5.74, 6) is 0.376. The SMILES string of the molecule is Cc1cc(Br)cc(Cl)c1OCC(=O)NCC1CCCO1. The van der Waals surface area contributed by atoms with Gasteiger partial charge in [-0.05, 0) is 37.5 Å². The second-order valence-corrected chi connectivity index (χ2v) is 6.08. The molecule has 1 N–H and O–H groups in total. The van der Waals surface area contributed by atoms with Crippen molar-refractivity contribution in [2.75, 3.05) is 19.8 Å². The molecular weight excluding hydrogens is 346 g/mol. The molecule has 1 fully saturated rings. The molecule has 1 saturated heterocycles. The lowest BCUT2D eigenvalue weighted by molar-refractivity contribution is -0.123. The van der Waals surface area contributed by atoms with Crippen LogP contribution in [0.1, 0.15) is 18.4 Å². The number of carbonyl (C=O) groups excluding carboxylic acids is 1. The van der Waals surface area contributed by atoms with E-state index in [0.717, 1.165) is 29.5 Å². The molecule has 1 amide bonds. The fourth-order valence-corrected chi connectivity index (χ4v) is 3.12. The Hall–Kier alpha value is -0.780. The maximum absolute atomic E-state index is 11.7. The van der Waals surface area contributed by atoms with Gasteiger partial charge in [0.2, 0.25) is 0 Å². The Labute approximate surface area is 131 Å². The van der Waals surface area contributed by atoms with Crippen LogP contribution in [0.5, 0.6) is 5.75 Å². The molecule has 4 nitrogen and oxygen atoms in total. The van der Waals surface area contributed by atoms with Crippen LogP contribution in [-0.4, -0.2) is 31.8 Å². The number of hydrogen-bond donors (Lipinski definition) is 1. The third-order valence-corrected chi connectivity index (χ3v) is 3.83. The minimum Gasteiger partial charge on any atom is -0.482 e. The summed E-state index contributed by atoms with van der Waals surface area (Å²) in [6, 6.07) is 3.64. The third kappa shape index (κ3) is 4.36. The number of hydrogen-bond acceptors (Lipinski definition) is 3. The fraction of sp³-hybridized carbons (Fsp3) is 0.500. The predicted molar refractivity (Wildman–Crippen MR) is 81.4 cm³/mol. The highest BCUT2D eigenvalue weighted by molar-refractivity contribution is 9.10. The summed E-state index contributed by atoms with van der Waals surface area (Å²) in [6.07, 6.45) is 2.20. The monoisotopic (exact) mass is 361 g/mol. The highest BCUT2D eigenvalue weighted by Gasteiger charge is 2.16. The fourth-order valence-electron chi connectivity index (χ4n) is 2.09. The molecule has 1 atom stereocenters. The van der Waals surface area contributed by atoms with E-state index in [-0.39, 0.29) is 18.6 Å². The minimum atomic E-state index is -0.168. The Kier molecular flexibility index (Phi) is 5.69. The number of halogens is 2. The number of benzene rings is 1. The van der Waals surface area contributed by atoms with Crippen molar-refractivity contribution in [1.82, 2.24) is 5.32 Å². The van der Waals surface area contributed by atoms with Gasteiger partial charge in [0.25, 0.3) is 5.91 Å². The van der Waals surface area contributed by atoms with E-state index in [9.17, 15) is 4.79 Å². The van der Waals surface area contributed by atoms with Gasteiger partial charge in [0.15, 0.2) is 6.61 Å². The van der Waals surface area contributed by atoms with Gasteiger partial charge in [-0.25, -0.2) is 0 Å². The van der Waals surface area contributed by atoms with Crippen molar-refractivity contribution in [2.24, 2.45) is 0 Å². The van der Waals surface area contributed by atoms with Crippen molar-refractivity contribution in [3.05, 3.63) is 27.2 Å². The Balaban J connectivity index is 1.81. The molecule has 1 heterocycles. The molecule has 0 saturated carbocycles. The molecule has 0 aromatic heterocycles. The van der Waals surface area contributed by atoms with E-state index in [4.69, 9.17) is 21.1 Å². The summed E-state index contributed by atoms with van der Waals surface area (Å²) in [4.78, 5) is 11.7. The number of ether oxygens (including phenoxy) is 2. The van der Waals surface area contributed by atoms with Gasteiger partial charge in [-0.3, -0.25) is 4.79 Å². The molecule has 0 spiro atoms. The van der Waals surface area contributed by atoms with Crippen molar-refractivity contribution in [3.8, 4) is 5.75 Å². The lowest BCUT2D eigenvalue weighted by Gasteiger charge is -2.13. The maximum Gasteiger partial charge on any atom is 0.258 e. The van der Waals surface area contributed by atoms with Crippen LogP contribution in [0.3, 0.4) is 0 Å². The number of carbonyl (C=O) groups is 1. The van der Waals surface area contributed by atoms with E-state index in [1.54, 1.807) is 6.07 Å². The molecule has 110 valence electrons. The first kappa shape index (κ1) is 15.6. The summed E-state index contributed by atoms with van der Waals surface area (Å²) in [5, 5.41) is 3.29. The number of aryl methyl sites for hydroxylation is 1. The zero-order chi connectivity index (χ0) is 14.5. The molecule has 1 aliphatic rings. The van der Waals surface area contributed by atoms with Gasteiger partial charge >= 0.3 is 0 Å². The molecular formula is C14H17BrClNO3. The molecule has 0 radical (unpaired) electrons. The van der Waals surface area contributed by atoms with Crippen molar-refractivity contribution in [2.45, 2.75) is 25.9 Å². The maximum atomic E-state index is 11.7. The van der Waals surface area contributed by atoms with Gasteiger partial charge < -0.3 is 14.8 Å². The molecule has 1 unspecified atom stereocenters. The van der Waals surface area contributed by atoms with E-state index >= 15 is 0 Å². The third-order valence-electron chi connectivity index (χ3n) is 3.09. The largest absolute Gasteiger partial charge is 0.482 e. The zero-order valence-corrected chi connectivity index (χ0v) is 13.6. The number of amides is 1. The zero-order valence-electron chi connectivity index (χ0n) is 11.2. The summed E-state index contributed by atoms with van der Waals surface area (Å²) in [7, 11) is 0. The lowest BCUT2D eigenvalue weighted by atomic mass is 10.2. The van der Waals surface area contributed by atoms with Crippen LogP contribution in [-0.2, 0) is 9.53 Å². The Morgan fingerprint density at radius 3 is 3.05 bits per heavy atom. The highest BCUT2D eigenvalue weighted by atomic mass is 79.9. The van der Waals surface area contributed by atoms with Gasteiger partial charge in [0.1, 0.15) is 5.75 Å². The predicted octanol–water partition coefficient (Wildman–Crippen LogP) is 3.08. The summed E-state index contributed by atoms with van der Waals surface area (Å²) >= 11 is 9.45. The first-order valence-electron chi connectivity index (χ1n) is 6.53. The molecule has 1 aliphatic heterocycles. The quantitative estimate of drug-likeness (QED) is 0.875. The molecule has 0 aliphatic carbocycles. The van der Waals surface area contributed by atoms with Crippen molar-refractivity contribution in [3.63, 3.8) is 0 Å². The standard InChI is InChI=1S/C14H17BrClNO3/c1-9-5-10(15)6-12(16)14(9)20-8-13(18)17-7-11-3-2-4-19-11/h5-6,11H,2-4,7-8H2,1H3,(H,17,18). The van der Waals surface area contributed by atoms with E-state index in [1.165, 1.54) is 0 Å². The summed E-state index contributed by atoms with van der Waals surface area (Å²) in [6.45, 7) is 3.16. The van der Waals surface area contributed by atoms with Gasteiger partial charge in [-0.2, -0.15) is 0 Å².